The van der Waals surface area contributed by atoms with E-state index in [9.17, 15) is 4.79 Å². The first kappa shape index (κ1) is 12.4. The van der Waals surface area contributed by atoms with Crippen molar-refractivity contribution in [1.29, 1.82) is 0 Å². The highest BCUT2D eigenvalue weighted by Gasteiger charge is 1.95. The zero-order chi connectivity index (χ0) is 11.8. The molecule has 0 aliphatic heterocycles. The molecular weight excluding hydrogens is 206 g/mol. The number of nitrogens with one attached hydrogen (secondary N) is 1. The third kappa shape index (κ3) is 4.75. The highest BCUT2D eigenvalue weighted by molar-refractivity contribution is 5.91. The van der Waals surface area contributed by atoms with E-state index < -0.39 is 0 Å². The number of aromatic nitrogens is 2. The van der Waals surface area contributed by atoms with Gasteiger partial charge < -0.3 is 10.1 Å². The molecule has 5 heteroatoms. The number of hydrogen-bond acceptors (Lipinski definition) is 3. The second-order valence-corrected chi connectivity index (χ2v) is 3.42. The first-order valence-corrected chi connectivity index (χ1v) is 5.16. The Morgan fingerprint density at radius 3 is 3.12 bits per heavy atom. The van der Waals surface area contributed by atoms with E-state index in [4.69, 9.17) is 4.74 Å². The van der Waals surface area contributed by atoms with E-state index in [0.29, 0.717) is 13.2 Å². The maximum absolute atomic E-state index is 11.3. The number of nitrogens with zero attached hydrogens (tertiary/aromatic N) is 2. The predicted molar refractivity (Wildman–Crippen MR) is 61.7 cm³/mol. The van der Waals surface area contributed by atoms with Crippen LogP contribution in [0.3, 0.4) is 0 Å². The van der Waals surface area contributed by atoms with Gasteiger partial charge >= 0.3 is 0 Å². The average molecular weight is 223 g/mol. The van der Waals surface area contributed by atoms with Gasteiger partial charge in [0, 0.05) is 45.1 Å². The molecule has 1 amide bonds. The minimum atomic E-state index is -0.0973. The van der Waals surface area contributed by atoms with Gasteiger partial charge in [-0.15, -0.1) is 0 Å². The van der Waals surface area contributed by atoms with Gasteiger partial charge in [-0.2, -0.15) is 5.10 Å². The SMILES string of the molecule is COCCCNC(=O)/C=C/c1cnn(C)c1. The molecule has 1 rings (SSSR count). The standard InChI is InChI=1S/C11H17N3O2/c1-14-9-10(8-13-14)4-5-11(15)12-6-3-7-16-2/h4-5,8-9H,3,6-7H2,1-2H3,(H,12,15)/b5-4+. The fraction of sp³-hybridized carbons (Fsp3) is 0.455. The average Bonchev–Trinajstić information content (AvgIpc) is 2.68. The minimum Gasteiger partial charge on any atom is -0.385 e. The zero-order valence-electron chi connectivity index (χ0n) is 9.64. The lowest BCUT2D eigenvalue weighted by molar-refractivity contribution is -0.116. The van der Waals surface area contributed by atoms with Crippen LogP contribution >= 0.6 is 0 Å². The van der Waals surface area contributed by atoms with E-state index in [2.05, 4.69) is 10.4 Å². The Hall–Kier alpha value is -1.62. The largest absolute Gasteiger partial charge is 0.385 e. The summed E-state index contributed by atoms with van der Waals surface area (Å²) in [6, 6.07) is 0. The number of carbonyl (C=O) groups is 1. The Morgan fingerprint density at radius 2 is 2.50 bits per heavy atom. The summed E-state index contributed by atoms with van der Waals surface area (Å²) in [6.45, 7) is 1.29. The van der Waals surface area contributed by atoms with Gasteiger partial charge in [0.2, 0.25) is 5.91 Å². The molecule has 0 aromatic carbocycles. The third-order valence-electron chi connectivity index (χ3n) is 1.98. The fourth-order valence-electron chi connectivity index (χ4n) is 1.19. The number of methoxy groups -OCH3 is 1. The lowest BCUT2D eigenvalue weighted by Gasteiger charge is -2.00. The highest BCUT2D eigenvalue weighted by Crippen LogP contribution is 1.98. The molecule has 5 nitrogen and oxygen atoms in total. The number of hydrogen-bond donors (Lipinski definition) is 1. The number of aryl methyl sites for hydroxylation is 1. The zero-order valence-corrected chi connectivity index (χ0v) is 9.64. The summed E-state index contributed by atoms with van der Waals surface area (Å²) in [5.74, 6) is -0.0973. The van der Waals surface area contributed by atoms with Crippen molar-refractivity contribution < 1.29 is 9.53 Å². The normalized spacial score (nSPS) is 10.9. The number of carbonyl (C=O) groups excluding carboxylic acids is 1. The molecule has 1 aromatic heterocycles. The van der Waals surface area contributed by atoms with Crippen LogP contribution in [-0.2, 0) is 16.6 Å². The van der Waals surface area contributed by atoms with E-state index in [-0.39, 0.29) is 5.91 Å². The number of rotatable bonds is 6. The second kappa shape index (κ2) is 6.79. The van der Waals surface area contributed by atoms with Crippen molar-refractivity contribution in [2.24, 2.45) is 7.05 Å². The van der Waals surface area contributed by atoms with Crippen LogP contribution in [0.4, 0.5) is 0 Å². The Bertz CT molecular complexity index is 358. The summed E-state index contributed by atoms with van der Waals surface area (Å²) in [6.07, 6.45) is 7.61. The maximum atomic E-state index is 11.3. The lowest BCUT2D eigenvalue weighted by Crippen LogP contribution is -2.22. The molecule has 88 valence electrons. The molecule has 1 heterocycles. The Balaban J connectivity index is 2.26. The van der Waals surface area contributed by atoms with Gasteiger partial charge in [-0.1, -0.05) is 0 Å². The van der Waals surface area contributed by atoms with E-state index >= 15 is 0 Å². The molecule has 0 spiro atoms. The van der Waals surface area contributed by atoms with Gasteiger partial charge in [0.05, 0.1) is 6.20 Å². The van der Waals surface area contributed by atoms with Crippen LogP contribution in [0.1, 0.15) is 12.0 Å². The molecule has 0 aliphatic carbocycles. The van der Waals surface area contributed by atoms with Gasteiger partial charge in [0.15, 0.2) is 0 Å². The summed E-state index contributed by atoms with van der Waals surface area (Å²) in [5, 5.41) is 6.76. The lowest BCUT2D eigenvalue weighted by atomic mass is 10.3. The van der Waals surface area contributed by atoms with Crippen LogP contribution in [0.25, 0.3) is 6.08 Å². The van der Waals surface area contributed by atoms with E-state index in [0.717, 1.165) is 12.0 Å². The van der Waals surface area contributed by atoms with Crippen LogP contribution < -0.4 is 5.32 Å². The third-order valence-corrected chi connectivity index (χ3v) is 1.98. The smallest absolute Gasteiger partial charge is 0.244 e. The van der Waals surface area contributed by atoms with Crippen molar-refractivity contribution in [3.63, 3.8) is 0 Å². The fourth-order valence-corrected chi connectivity index (χ4v) is 1.19. The maximum Gasteiger partial charge on any atom is 0.244 e. The van der Waals surface area contributed by atoms with Gasteiger partial charge in [0.1, 0.15) is 0 Å². The van der Waals surface area contributed by atoms with E-state index in [1.165, 1.54) is 6.08 Å². The second-order valence-electron chi connectivity index (χ2n) is 3.42. The molecule has 0 fully saturated rings. The molecule has 0 saturated carbocycles. The first-order valence-electron chi connectivity index (χ1n) is 5.16. The van der Waals surface area contributed by atoms with Crippen molar-refractivity contribution in [2.75, 3.05) is 20.3 Å². The summed E-state index contributed by atoms with van der Waals surface area (Å²) < 4.78 is 6.57. The summed E-state index contributed by atoms with van der Waals surface area (Å²) in [4.78, 5) is 11.3. The molecule has 1 aromatic rings. The van der Waals surface area contributed by atoms with Crippen LogP contribution in [0.15, 0.2) is 18.5 Å². The monoisotopic (exact) mass is 223 g/mol. The quantitative estimate of drug-likeness (QED) is 0.567. The van der Waals surface area contributed by atoms with Crippen molar-refractivity contribution in [1.82, 2.24) is 15.1 Å². The van der Waals surface area contributed by atoms with Gasteiger partial charge in [0.25, 0.3) is 0 Å². The van der Waals surface area contributed by atoms with Gasteiger partial charge in [-0.05, 0) is 12.5 Å². The molecule has 0 bridgehead atoms. The summed E-state index contributed by atoms with van der Waals surface area (Å²) in [5.41, 5.74) is 0.912. The summed E-state index contributed by atoms with van der Waals surface area (Å²) in [7, 11) is 3.48. The van der Waals surface area contributed by atoms with Gasteiger partial charge in [-0.25, -0.2) is 0 Å². The Kier molecular flexibility index (Phi) is 5.28. The highest BCUT2D eigenvalue weighted by atomic mass is 16.5. The number of amides is 1. The van der Waals surface area contributed by atoms with Crippen LogP contribution in [0.2, 0.25) is 0 Å². The Labute approximate surface area is 95.1 Å². The molecule has 0 unspecified atom stereocenters. The first-order chi connectivity index (χ1) is 7.72. The molecule has 0 aliphatic rings. The van der Waals surface area contributed by atoms with E-state index in [1.807, 2.05) is 13.2 Å². The summed E-state index contributed by atoms with van der Waals surface area (Å²) >= 11 is 0. The van der Waals surface area contributed by atoms with Crippen molar-refractivity contribution in [2.45, 2.75) is 6.42 Å². The van der Waals surface area contributed by atoms with Crippen molar-refractivity contribution in [3.05, 3.63) is 24.0 Å². The predicted octanol–water partition coefficient (Wildman–Crippen LogP) is 0.586. The number of ether oxygens (including phenoxy) is 1. The topological polar surface area (TPSA) is 56.1 Å². The van der Waals surface area contributed by atoms with E-state index in [1.54, 1.807) is 24.1 Å². The van der Waals surface area contributed by atoms with Crippen LogP contribution in [0, 0.1) is 0 Å². The molecule has 0 radical (unpaired) electrons. The van der Waals surface area contributed by atoms with Crippen molar-refractivity contribution >= 4 is 12.0 Å². The van der Waals surface area contributed by atoms with Crippen molar-refractivity contribution in [3.8, 4) is 0 Å². The Morgan fingerprint density at radius 1 is 1.69 bits per heavy atom. The molecule has 0 atom stereocenters. The molecule has 16 heavy (non-hydrogen) atoms. The molecular formula is C11H17N3O2. The molecule has 0 saturated heterocycles. The van der Waals surface area contributed by atoms with Crippen LogP contribution in [-0.4, -0.2) is 35.9 Å². The minimum absolute atomic E-state index is 0.0973. The molecule has 1 N–H and O–H groups in total. The van der Waals surface area contributed by atoms with Crippen LogP contribution in [0.5, 0.6) is 0 Å². The van der Waals surface area contributed by atoms with Gasteiger partial charge in [-0.3, -0.25) is 9.48 Å².